The second-order valence-corrected chi connectivity index (χ2v) is 4.87. The topological polar surface area (TPSA) is 44.2 Å². The van der Waals surface area contributed by atoms with Crippen molar-refractivity contribution in [2.75, 3.05) is 0 Å². The van der Waals surface area contributed by atoms with E-state index in [0.717, 1.165) is 24.0 Å². The number of rotatable bonds is 4. The molecule has 4 nitrogen and oxygen atoms in total. The van der Waals surface area contributed by atoms with Gasteiger partial charge in [-0.25, -0.2) is 0 Å². The van der Waals surface area contributed by atoms with Crippen molar-refractivity contribution in [3.8, 4) is 11.5 Å². The molecule has 17 heavy (non-hydrogen) atoms. The van der Waals surface area contributed by atoms with Crippen LogP contribution in [0, 0.1) is 0 Å². The van der Waals surface area contributed by atoms with Gasteiger partial charge >= 0.3 is 121 Å². The number of aromatic nitrogens is 2. The van der Waals surface area contributed by atoms with E-state index in [4.69, 9.17) is 24.4 Å². The number of fused-ring (bicyclic) bond motifs is 1. The Morgan fingerprint density at radius 3 is 1.71 bits per heavy atom. The summed E-state index contributed by atoms with van der Waals surface area (Å²) in [5, 5.41) is 0. The number of benzene rings is 1. The van der Waals surface area contributed by atoms with Crippen LogP contribution in [0.5, 0.6) is 11.5 Å². The molecule has 1 aromatic heterocycles. The van der Waals surface area contributed by atoms with Gasteiger partial charge in [0.05, 0.1) is 0 Å². The van der Waals surface area contributed by atoms with E-state index in [-0.39, 0.29) is 0 Å². The van der Waals surface area contributed by atoms with Crippen LogP contribution in [0.15, 0.2) is 8.95 Å². The van der Waals surface area contributed by atoms with Gasteiger partial charge in [0.2, 0.25) is 0 Å². The summed E-state index contributed by atoms with van der Waals surface area (Å²) in [7, 11) is 10.5. The minimum atomic E-state index is 0.376. The molecule has 0 unspecified atom stereocenters. The van der Waals surface area contributed by atoms with Crippen LogP contribution in [-0.4, -0.2) is 36.0 Å². The molecule has 0 aliphatic heterocycles. The Hall–Kier alpha value is -0.530. The third-order valence-electron chi connectivity index (χ3n) is 1.88. The van der Waals surface area contributed by atoms with Gasteiger partial charge in [0.1, 0.15) is 0 Å². The predicted octanol–water partition coefficient (Wildman–Crippen LogP) is 1.83. The van der Waals surface area contributed by atoms with E-state index >= 15 is 0 Å². The van der Waals surface area contributed by atoms with Crippen molar-refractivity contribution in [3.05, 3.63) is 8.95 Å². The van der Waals surface area contributed by atoms with Crippen LogP contribution in [0.4, 0.5) is 0 Å². The molecule has 2 radical (unpaired) electrons. The molecule has 0 saturated carbocycles. The first-order valence-corrected chi connectivity index (χ1v) is 6.55. The van der Waals surface area contributed by atoms with Crippen molar-refractivity contribution in [1.82, 2.24) is 8.75 Å². The van der Waals surface area contributed by atoms with Crippen LogP contribution in [0.3, 0.4) is 0 Å². The van der Waals surface area contributed by atoms with Crippen LogP contribution in [0.25, 0.3) is 11.0 Å². The Morgan fingerprint density at radius 1 is 0.941 bits per heavy atom. The van der Waals surface area contributed by atoms with Gasteiger partial charge in [-0.3, -0.25) is 0 Å². The zero-order chi connectivity index (χ0) is 12.4. The van der Waals surface area contributed by atoms with Crippen LogP contribution in [-0.2, 0) is 0 Å². The fraction of sp³-hybridized carbons (Fsp3) is 0. The molecule has 82 valence electrons. The molecule has 1 aromatic carbocycles. The first-order valence-electron chi connectivity index (χ1n) is 4.24. The SMILES string of the molecule is [B]=COc1c(OC=[B])c(Br)c2nsnc2c1Br. The zero-order valence-electron chi connectivity index (χ0n) is 8.18. The normalized spacial score (nSPS) is 10.1. The number of hydrogen-bond donors (Lipinski definition) is 0. The third kappa shape index (κ3) is 2.23. The van der Waals surface area contributed by atoms with Crippen LogP contribution in [0.1, 0.15) is 0 Å². The van der Waals surface area contributed by atoms with Crippen molar-refractivity contribution in [2.45, 2.75) is 0 Å². The molecule has 0 amide bonds. The summed E-state index contributed by atoms with van der Waals surface area (Å²) in [6.07, 6.45) is 2.09. The molecule has 0 atom stereocenters. The molecule has 2 aromatic rings. The molecule has 0 spiro atoms. The number of halogens is 2. The molecule has 0 fully saturated rings. The van der Waals surface area contributed by atoms with Gasteiger partial charge in [-0.1, -0.05) is 0 Å². The Balaban J connectivity index is 2.81. The Morgan fingerprint density at radius 2 is 1.35 bits per heavy atom. The summed E-state index contributed by atoms with van der Waals surface area (Å²) in [6, 6.07) is 0. The second-order valence-electron chi connectivity index (χ2n) is 2.76. The predicted molar refractivity (Wildman–Crippen MR) is 77.7 cm³/mol. The second kappa shape index (κ2) is 5.41. The van der Waals surface area contributed by atoms with Crippen LogP contribution >= 0.6 is 43.6 Å². The summed E-state index contributed by atoms with van der Waals surface area (Å²) in [5.41, 5.74) is 1.31. The molecule has 0 aliphatic rings. The summed E-state index contributed by atoms with van der Waals surface area (Å²) >= 11 is 7.81. The van der Waals surface area contributed by atoms with E-state index < -0.39 is 0 Å². The van der Waals surface area contributed by atoms with E-state index in [1.165, 1.54) is 0 Å². The Bertz CT molecular complexity index is 555. The maximum absolute atomic E-state index is 5.25. The fourth-order valence-electron chi connectivity index (χ4n) is 1.24. The van der Waals surface area contributed by atoms with E-state index in [1.807, 2.05) is 0 Å². The van der Waals surface area contributed by atoms with Crippen LogP contribution < -0.4 is 9.47 Å². The molecular weight excluding hydrogens is 370 g/mol. The summed E-state index contributed by atoms with van der Waals surface area (Å²) in [4.78, 5) is 0. The maximum atomic E-state index is 5.25. The molecule has 0 bridgehead atoms. The molecule has 9 heteroatoms. The van der Waals surface area contributed by atoms with Gasteiger partial charge in [0.25, 0.3) is 0 Å². The molecule has 0 saturated heterocycles. The molecule has 0 aliphatic carbocycles. The third-order valence-corrected chi connectivity index (χ3v) is 3.88. The van der Waals surface area contributed by atoms with Gasteiger partial charge < -0.3 is 0 Å². The molecule has 0 N–H and O–H groups in total. The molecule has 2 rings (SSSR count). The Kier molecular flexibility index (Phi) is 4.11. The van der Waals surface area contributed by atoms with Crippen LogP contribution in [0.2, 0.25) is 0 Å². The van der Waals surface area contributed by atoms with Gasteiger partial charge in [-0.05, 0) is 0 Å². The Labute approximate surface area is 120 Å². The minimum absolute atomic E-state index is 0.376. The van der Waals surface area contributed by atoms with E-state index in [9.17, 15) is 0 Å². The van der Waals surface area contributed by atoms with Gasteiger partial charge in [0, 0.05) is 0 Å². The van der Waals surface area contributed by atoms with E-state index in [2.05, 4.69) is 40.6 Å². The van der Waals surface area contributed by atoms with Gasteiger partial charge in [-0.2, -0.15) is 0 Å². The molecule has 1 heterocycles. The van der Waals surface area contributed by atoms with Gasteiger partial charge in [0.15, 0.2) is 0 Å². The van der Waals surface area contributed by atoms with E-state index in [1.54, 1.807) is 0 Å². The zero-order valence-corrected chi connectivity index (χ0v) is 12.2. The average molecular weight is 372 g/mol. The van der Waals surface area contributed by atoms with Crippen molar-refractivity contribution >= 4 is 81.9 Å². The van der Waals surface area contributed by atoms with Gasteiger partial charge in [-0.15, -0.1) is 0 Å². The average Bonchev–Trinajstić information content (AvgIpc) is 2.80. The standard InChI is InChI=1S/C8H2B2Br2N2O2S/c9-1-15-7-3(11)5-6(14-17-13-5)4(12)8(7)16-2-10/h1-2H. The molecular formula is C8H2B2Br2N2O2S. The first kappa shape index (κ1) is 12.9. The fourth-order valence-corrected chi connectivity index (χ4v) is 3.13. The monoisotopic (exact) mass is 370 g/mol. The first-order chi connectivity index (χ1) is 8.20. The van der Waals surface area contributed by atoms with Crippen molar-refractivity contribution in [2.24, 2.45) is 0 Å². The number of ether oxygens (including phenoxy) is 2. The van der Waals surface area contributed by atoms with E-state index in [0.29, 0.717) is 31.5 Å². The number of hydrogen-bond acceptors (Lipinski definition) is 5. The number of nitrogens with zero attached hydrogens (tertiary/aromatic N) is 2. The summed E-state index contributed by atoms with van der Waals surface area (Å²) in [5.74, 6) is 0.752. The van der Waals surface area contributed by atoms with Crippen molar-refractivity contribution in [3.63, 3.8) is 0 Å². The quantitative estimate of drug-likeness (QED) is 0.769. The summed E-state index contributed by atoms with van der Waals surface area (Å²) < 4.78 is 19.9. The van der Waals surface area contributed by atoms with Crippen molar-refractivity contribution in [1.29, 1.82) is 0 Å². The van der Waals surface area contributed by atoms with Crippen molar-refractivity contribution < 1.29 is 9.47 Å². The summed E-state index contributed by atoms with van der Waals surface area (Å²) in [6.45, 7) is 0.